The normalized spacial score (nSPS) is 9.88. The zero-order chi connectivity index (χ0) is 13.0. The maximum absolute atomic E-state index is 11.5. The van der Waals surface area contributed by atoms with Gasteiger partial charge >= 0.3 is 11.9 Å². The van der Waals surface area contributed by atoms with Gasteiger partial charge in [0, 0.05) is 0 Å². The van der Waals surface area contributed by atoms with Crippen LogP contribution in [0.1, 0.15) is 27.0 Å². The molecule has 4 nitrogen and oxygen atoms in total. The molecule has 4 heteroatoms. The first kappa shape index (κ1) is 13.2. The van der Waals surface area contributed by atoms with E-state index in [1.807, 2.05) is 13.8 Å². The summed E-state index contributed by atoms with van der Waals surface area (Å²) >= 11 is 0. The molecule has 0 spiro atoms. The fraction of sp³-hybridized carbons (Fsp3) is 0.385. The Hall–Kier alpha value is -1.84. The molecule has 0 aliphatic heterocycles. The van der Waals surface area contributed by atoms with Crippen LogP contribution < -0.4 is 0 Å². The zero-order valence-electron chi connectivity index (χ0n) is 10.5. The van der Waals surface area contributed by atoms with Gasteiger partial charge in [-0.3, -0.25) is 4.79 Å². The second-order valence-electron chi connectivity index (χ2n) is 3.85. The van der Waals surface area contributed by atoms with E-state index in [-0.39, 0.29) is 18.4 Å². The Morgan fingerprint density at radius 2 is 1.59 bits per heavy atom. The number of carbonyl (C=O) groups is 2. The molecular weight excluding hydrogens is 220 g/mol. The van der Waals surface area contributed by atoms with E-state index in [1.165, 1.54) is 14.2 Å². The second kappa shape index (κ2) is 5.48. The Labute approximate surface area is 101 Å². The second-order valence-corrected chi connectivity index (χ2v) is 3.85. The molecule has 0 aliphatic rings. The minimum Gasteiger partial charge on any atom is -0.469 e. The average Bonchev–Trinajstić information content (AvgIpc) is 2.27. The standard InChI is InChI=1S/C13H16O4/c1-8-5-10(7-11(14)16-3)6-9(2)12(8)13(15)17-4/h5-6H,7H2,1-4H3. The molecule has 0 fully saturated rings. The van der Waals surface area contributed by atoms with Crippen molar-refractivity contribution in [3.05, 3.63) is 34.4 Å². The molecule has 0 aliphatic carbocycles. The van der Waals surface area contributed by atoms with E-state index < -0.39 is 0 Å². The van der Waals surface area contributed by atoms with Crippen molar-refractivity contribution in [3.63, 3.8) is 0 Å². The molecule has 0 saturated carbocycles. The summed E-state index contributed by atoms with van der Waals surface area (Å²) < 4.78 is 9.31. The molecule has 0 atom stereocenters. The summed E-state index contributed by atoms with van der Waals surface area (Å²) in [6.07, 6.45) is 0.208. The monoisotopic (exact) mass is 236 g/mol. The summed E-state index contributed by atoms with van der Waals surface area (Å²) in [5.41, 5.74) is 2.99. The van der Waals surface area contributed by atoms with Gasteiger partial charge in [-0.2, -0.15) is 0 Å². The van der Waals surface area contributed by atoms with Crippen LogP contribution in [-0.4, -0.2) is 26.2 Å². The Morgan fingerprint density at radius 3 is 2.00 bits per heavy atom. The Kier molecular flexibility index (Phi) is 4.26. The molecule has 0 bridgehead atoms. The molecule has 92 valence electrons. The summed E-state index contributed by atoms with van der Waals surface area (Å²) in [4.78, 5) is 22.7. The van der Waals surface area contributed by atoms with Crippen molar-refractivity contribution in [1.82, 2.24) is 0 Å². The topological polar surface area (TPSA) is 52.6 Å². The van der Waals surface area contributed by atoms with Gasteiger partial charge in [-0.15, -0.1) is 0 Å². The predicted octanol–water partition coefficient (Wildman–Crippen LogP) is 1.81. The van der Waals surface area contributed by atoms with Crippen LogP contribution in [0, 0.1) is 13.8 Å². The van der Waals surface area contributed by atoms with E-state index in [1.54, 1.807) is 12.1 Å². The highest BCUT2D eigenvalue weighted by molar-refractivity contribution is 5.92. The van der Waals surface area contributed by atoms with Crippen LogP contribution in [0.5, 0.6) is 0 Å². The number of aryl methyl sites for hydroxylation is 2. The third-order valence-corrected chi connectivity index (χ3v) is 2.56. The lowest BCUT2D eigenvalue weighted by molar-refractivity contribution is -0.139. The molecule has 1 aromatic carbocycles. The van der Waals surface area contributed by atoms with Crippen molar-refractivity contribution < 1.29 is 19.1 Å². The Balaban J connectivity index is 3.09. The lowest BCUT2D eigenvalue weighted by Crippen LogP contribution is -2.09. The lowest BCUT2D eigenvalue weighted by Gasteiger charge is -2.10. The third-order valence-electron chi connectivity index (χ3n) is 2.56. The number of rotatable bonds is 3. The summed E-state index contributed by atoms with van der Waals surface area (Å²) in [5.74, 6) is -0.653. The van der Waals surface area contributed by atoms with Crippen LogP contribution >= 0.6 is 0 Å². The highest BCUT2D eigenvalue weighted by Crippen LogP contribution is 2.18. The highest BCUT2D eigenvalue weighted by Gasteiger charge is 2.14. The van der Waals surface area contributed by atoms with Crippen LogP contribution in [-0.2, 0) is 20.7 Å². The van der Waals surface area contributed by atoms with Crippen molar-refractivity contribution >= 4 is 11.9 Å². The summed E-state index contributed by atoms with van der Waals surface area (Å²) in [5, 5.41) is 0. The fourth-order valence-electron chi connectivity index (χ4n) is 1.82. The molecule has 0 unspecified atom stereocenters. The first-order valence-electron chi connectivity index (χ1n) is 5.24. The van der Waals surface area contributed by atoms with Crippen molar-refractivity contribution in [1.29, 1.82) is 0 Å². The van der Waals surface area contributed by atoms with Gasteiger partial charge in [-0.25, -0.2) is 4.79 Å². The minimum atomic E-state index is -0.357. The molecule has 1 aromatic rings. The number of methoxy groups -OCH3 is 2. The quantitative estimate of drug-likeness (QED) is 0.751. The van der Waals surface area contributed by atoms with Gasteiger partial charge in [0.1, 0.15) is 0 Å². The maximum Gasteiger partial charge on any atom is 0.338 e. The minimum absolute atomic E-state index is 0.208. The van der Waals surface area contributed by atoms with E-state index in [0.717, 1.165) is 16.7 Å². The van der Waals surface area contributed by atoms with E-state index in [4.69, 9.17) is 4.74 Å². The number of benzene rings is 1. The van der Waals surface area contributed by atoms with E-state index in [9.17, 15) is 9.59 Å². The average molecular weight is 236 g/mol. The first-order chi connectivity index (χ1) is 7.99. The molecule has 0 amide bonds. The molecule has 0 radical (unpaired) electrons. The summed E-state index contributed by atoms with van der Waals surface area (Å²) in [6, 6.07) is 3.60. The van der Waals surface area contributed by atoms with E-state index >= 15 is 0 Å². The van der Waals surface area contributed by atoms with Crippen LogP contribution in [0.3, 0.4) is 0 Å². The van der Waals surface area contributed by atoms with Gasteiger partial charge in [-0.1, -0.05) is 12.1 Å². The van der Waals surface area contributed by atoms with Crippen LogP contribution in [0.25, 0.3) is 0 Å². The van der Waals surface area contributed by atoms with Gasteiger partial charge in [-0.05, 0) is 30.5 Å². The molecule has 17 heavy (non-hydrogen) atoms. The van der Waals surface area contributed by atoms with Gasteiger partial charge < -0.3 is 9.47 Å². The van der Waals surface area contributed by atoms with Crippen LogP contribution in [0.4, 0.5) is 0 Å². The van der Waals surface area contributed by atoms with Crippen LogP contribution in [0.2, 0.25) is 0 Å². The molecule has 0 N–H and O–H groups in total. The summed E-state index contributed by atoms with van der Waals surface area (Å²) in [6.45, 7) is 3.64. The highest BCUT2D eigenvalue weighted by atomic mass is 16.5. The maximum atomic E-state index is 11.5. The molecule has 1 rings (SSSR count). The predicted molar refractivity (Wildman–Crippen MR) is 63.0 cm³/mol. The molecule has 0 heterocycles. The smallest absolute Gasteiger partial charge is 0.338 e. The first-order valence-corrected chi connectivity index (χ1v) is 5.24. The van der Waals surface area contributed by atoms with Crippen molar-refractivity contribution in [2.75, 3.05) is 14.2 Å². The van der Waals surface area contributed by atoms with Crippen molar-refractivity contribution in [2.45, 2.75) is 20.3 Å². The van der Waals surface area contributed by atoms with Crippen molar-refractivity contribution in [2.24, 2.45) is 0 Å². The van der Waals surface area contributed by atoms with E-state index in [0.29, 0.717) is 5.56 Å². The number of carbonyl (C=O) groups excluding carboxylic acids is 2. The number of hydrogen-bond acceptors (Lipinski definition) is 4. The van der Waals surface area contributed by atoms with Crippen molar-refractivity contribution in [3.8, 4) is 0 Å². The van der Waals surface area contributed by atoms with Gasteiger partial charge in [0.05, 0.1) is 26.2 Å². The lowest BCUT2D eigenvalue weighted by atomic mass is 9.98. The number of esters is 2. The van der Waals surface area contributed by atoms with Gasteiger partial charge in [0.2, 0.25) is 0 Å². The third kappa shape index (κ3) is 3.06. The molecular formula is C13H16O4. The van der Waals surface area contributed by atoms with E-state index in [2.05, 4.69) is 4.74 Å². The van der Waals surface area contributed by atoms with Crippen LogP contribution in [0.15, 0.2) is 12.1 Å². The van der Waals surface area contributed by atoms with Gasteiger partial charge in [0.25, 0.3) is 0 Å². The Morgan fingerprint density at radius 1 is 1.06 bits per heavy atom. The molecule has 0 aromatic heterocycles. The molecule has 0 saturated heterocycles. The largest absolute Gasteiger partial charge is 0.469 e. The number of hydrogen-bond donors (Lipinski definition) is 0. The van der Waals surface area contributed by atoms with Gasteiger partial charge in [0.15, 0.2) is 0 Å². The number of ether oxygens (including phenoxy) is 2. The Bertz CT molecular complexity index is 426. The summed E-state index contributed by atoms with van der Waals surface area (Å²) in [7, 11) is 2.70. The zero-order valence-corrected chi connectivity index (χ0v) is 10.5. The fourth-order valence-corrected chi connectivity index (χ4v) is 1.82. The SMILES string of the molecule is COC(=O)Cc1cc(C)c(C(=O)OC)c(C)c1.